The molecule has 10 heteroatoms. The first-order chi connectivity index (χ1) is 15.2. The molecule has 0 aliphatic rings. The molecule has 1 unspecified atom stereocenters. The van der Waals surface area contributed by atoms with Crippen LogP contribution >= 0.6 is 0 Å². The summed E-state index contributed by atoms with van der Waals surface area (Å²) in [5.74, 6) is -0.104. The number of nitrogens with one attached hydrogen (secondary N) is 1. The fraction of sp³-hybridized carbons (Fsp3) is 0.318. The van der Waals surface area contributed by atoms with Gasteiger partial charge in [0.15, 0.2) is 0 Å². The van der Waals surface area contributed by atoms with Crippen molar-refractivity contribution in [3.63, 3.8) is 0 Å². The summed E-state index contributed by atoms with van der Waals surface area (Å²) >= 11 is 0. The van der Waals surface area contributed by atoms with Crippen molar-refractivity contribution in [2.45, 2.75) is 32.0 Å². The van der Waals surface area contributed by atoms with Gasteiger partial charge in [0.1, 0.15) is 5.75 Å². The van der Waals surface area contributed by atoms with E-state index in [9.17, 15) is 18.0 Å². The number of pyridine rings is 1. The molecule has 7 nitrogen and oxygen atoms in total. The smallest absolute Gasteiger partial charge is 0.416 e. The SMILES string of the molecule is CCC(CCO)NC(=O)c1cnc(Oc2ccc(C(F)(F)F)cc2)c(-c2ccn(C)n2)c1. The maximum atomic E-state index is 12.8. The molecule has 1 atom stereocenters. The fourth-order valence-electron chi connectivity index (χ4n) is 3.03. The van der Waals surface area contributed by atoms with Gasteiger partial charge in [-0.25, -0.2) is 4.98 Å². The lowest BCUT2D eigenvalue weighted by Gasteiger charge is -2.16. The second-order valence-corrected chi connectivity index (χ2v) is 7.17. The number of benzene rings is 1. The monoisotopic (exact) mass is 448 g/mol. The Morgan fingerprint density at radius 1 is 1.25 bits per heavy atom. The zero-order chi connectivity index (χ0) is 23.3. The highest BCUT2D eigenvalue weighted by Crippen LogP contribution is 2.34. The molecule has 170 valence electrons. The van der Waals surface area contributed by atoms with Crippen molar-refractivity contribution < 1.29 is 27.8 Å². The third-order valence-corrected chi connectivity index (χ3v) is 4.80. The molecule has 0 fully saturated rings. The van der Waals surface area contributed by atoms with E-state index in [1.807, 2.05) is 6.92 Å². The second kappa shape index (κ2) is 9.82. The van der Waals surface area contributed by atoms with Crippen LogP contribution in [-0.2, 0) is 13.2 Å². The summed E-state index contributed by atoms with van der Waals surface area (Å²) in [7, 11) is 1.73. The Bertz CT molecular complexity index is 1070. The number of nitrogens with zero attached hydrogens (tertiary/aromatic N) is 3. The molecule has 0 saturated carbocycles. The predicted molar refractivity (Wildman–Crippen MR) is 111 cm³/mol. The van der Waals surface area contributed by atoms with Gasteiger partial charge in [0, 0.05) is 32.1 Å². The maximum absolute atomic E-state index is 12.8. The summed E-state index contributed by atoms with van der Waals surface area (Å²) < 4.78 is 45.7. The number of hydrogen-bond acceptors (Lipinski definition) is 5. The number of carbonyl (C=O) groups excluding carboxylic acids is 1. The van der Waals surface area contributed by atoms with Gasteiger partial charge >= 0.3 is 6.18 Å². The number of rotatable bonds is 8. The summed E-state index contributed by atoms with van der Waals surface area (Å²) in [6.07, 6.45) is -0.331. The fourth-order valence-corrected chi connectivity index (χ4v) is 3.03. The highest BCUT2D eigenvalue weighted by molar-refractivity contribution is 5.95. The lowest BCUT2D eigenvalue weighted by Crippen LogP contribution is -2.35. The standard InChI is InChI=1S/C22H23F3N4O3/c1-3-16(9-11-30)27-20(31)14-12-18(19-8-10-29(2)28-19)21(26-13-14)32-17-6-4-15(5-7-17)22(23,24)25/h4-8,10,12-13,16,30H,3,9,11H2,1-2H3,(H,27,31). The molecule has 0 radical (unpaired) electrons. The molecular formula is C22H23F3N4O3. The van der Waals surface area contributed by atoms with Crippen LogP contribution in [0.25, 0.3) is 11.3 Å². The lowest BCUT2D eigenvalue weighted by molar-refractivity contribution is -0.137. The topological polar surface area (TPSA) is 89.3 Å². The van der Waals surface area contributed by atoms with Gasteiger partial charge in [-0.2, -0.15) is 18.3 Å². The first-order valence-electron chi connectivity index (χ1n) is 9.98. The van der Waals surface area contributed by atoms with Crippen molar-refractivity contribution in [1.82, 2.24) is 20.1 Å². The van der Waals surface area contributed by atoms with Gasteiger partial charge in [-0.1, -0.05) is 6.92 Å². The van der Waals surface area contributed by atoms with Gasteiger partial charge in [0.2, 0.25) is 5.88 Å². The molecule has 3 rings (SSSR count). The van der Waals surface area contributed by atoms with E-state index in [4.69, 9.17) is 9.84 Å². The van der Waals surface area contributed by atoms with E-state index >= 15 is 0 Å². The summed E-state index contributed by atoms with van der Waals surface area (Å²) in [4.78, 5) is 16.9. The first kappa shape index (κ1) is 23.3. The average Bonchev–Trinajstić information content (AvgIpc) is 3.19. The molecule has 0 aliphatic carbocycles. The van der Waals surface area contributed by atoms with Crippen molar-refractivity contribution in [3.8, 4) is 22.9 Å². The summed E-state index contributed by atoms with van der Waals surface area (Å²) in [5, 5.41) is 16.3. The van der Waals surface area contributed by atoms with Crippen molar-refractivity contribution in [1.29, 1.82) is 0 Å². The number of ether oxygens (including phenoxy) is 1. The Morgan fingerprint density at radius 3 is 2.53 bits per heavy atom. The van der Waals surface area contributed by atoms with Crippen LogP contribution in [-0.4, -0.2) is 38.4 Å². The van der Waals surface area contributed by atoms with E-state index in [1.165, 1.54) is 18.3 Å². The predicted octanol–water partition coefficient (Wildman–Crippen LogP) is 4.18. The number of aryl methyl sites for hydroxylation is 1. The number of hydrogen-bond donors (Lipinski definition) is 2. The van der Waals surface area contributed by atoms with E-state index in [0.717, 1.165) is 12.1 Å². The highest BCUT2D eigenvalue weighted by Gasteiger charge is 2.30. The van der Waals surface area contributed by atoms with Crippen LogP contribution in [0, 0.1) is 0 Å². The Hall–Kier alpha value is -3.40. The molecule has 32 heavy (non-hydrogen) atoms. The molecule has 0 saturated heterocycles. The van der Waals surface area contributed by atoms with Crippen LogP contribution in [0.5, 0.6) is 11.6 Å². The second-order valence-electron chi connectivity index (χ2n) is 7.17. The van der Waals surface area contributed by atoms with E-state index < -0.39 is 11.7 Å². The summed E-state index contributed by atoms with van der Waals surface area (Å²) in [6, 6.07) is 7.33. The van der Waals surface area contributed by atoms with E-state index in [1.54, 1.807) is 30.1 Å². The number of aliphatic hydroxyl groups excluding tert-OH is 1. The van der Waals surface area contributed by atoms with Crippen molar-refractivity contribution >= 4 is 5.91 Å². The maximum Gasteiger partial charge on any atom is 0.416 e. The zero-order valence-corrected chi connectivity index (χ0v) is 17.6. The molecule has 3 aromatic rings. The molecular weight excluding hydrogens is 425 g/mol. The van der Waals surface area contributed by atoms with Crippen LogP contribution in [0.1, 0.15) is 35.7 Å². The van der Waals surface area contributed by atoms with Crippen molar-refractivity contribution in [2.24, 2.45) is 7.05 Å². The molecule has 2 aromatic heterocycles. The van der Waals surface area contributed by atoms with Gasteiger partial charge in [0.25, 0.3) is 5.91 Å². The minimum atomic E-state index is -4.45. The minimum absolute atomic E-state index is 0.0455. The highest BCUT2D eigenvalue weighted by atomic mass is 19.4. The van der Waals surface area contributed by atoms with Crippen molar-refractivity contribution in [2.75, 3.05) is 6.61 Å². The lowest BCUT2D eigenvalue weighted by atomic mass is 10.1. The largest absolute Gasteiger partial charge is 0.438 e. The van der Waals surface area contributed by atoms with Gasteiger partial charge in [-0.3, -0.25) is 9.48 Å². The molecule has 2 heterocycles. The van der Waals surface area contributed by atoms with Crippen LogP contribution in [0.4, 0.5) is 13.2 Å². The van der Waals surface area contributed by atoms with E-state index in [2.05, 4.69) is 15.4 Å². The normalized spacial score (nSPS) is 12.4. The van der Waals surface area contributed by atoms with Crippen LogP contribution in [0.3, 0.4) is 0 Å². The van der Waals surface area contributed by atoms with Gasteiger partial charge in [-0.15, -0.1) is 0 Å². The van der Waals surface area contributed by atoms with Gasteiger partial charge in [0.05, 0.1) is 22.4 Å². The van der Waals surface area contributed by atoms with Gasteiger partial charge < -0.3 is 15.2 Å². The number of alkyl halides is 3. The Kier molecular flexibility index (Phi) is 7.14. The number of carbonyl (C=O) groups is 1. The Morgan fingerprint density at radius 2 is 1.97 bits per heavy atom. The van der Waals surface area contributed by atoms with Crippen LogP contribution in [0.15, 0.2) is 48.8 Å². The minimum Gasteiger partial charge on any atom is -0.438 e. The third-order valence-electron chi connectivity index (χ3n) is 4.80. The summed E-state index contributed by atoms with van der Waals surface area (Å²) in [6.45, 7) is 1.86. The average molecular weight is 448 g/mol. The Balaban J connectivity index is 1.91. The quantitative estimate of drug-likeness (QED) is 0.540. The number of aliphatic hydroxyl groups is 1. The summed E-state index contributed by atoms with van der Waals surface area (Å²) in [5.41, 5.74) is 0.372. The Labute approximate surface area is 182 Å². The first-order valence-corrected chi connectivity index (χ1v) is 9.98. The zero-order valence-electron chi connectivity index (χ0n) is 17.6. The molecule has 0 spiro atoms. The van der Waals surface area contributed by atoms with Crippen LogP contribution < -0.4 is 10.1 Å². The molecule has 1 aromatic carbocycles. The number of amides is 1. The van der Waals surface area contributed by atoms with Gasteiger partial charge in [-0.05, 0) is 49.2 Å². The molecule has 0 bridgehead atoms. The van der Waals surface area contributed by atoms with E-state index in [-0.39, 0.29) is 35.7 Å². The third kappa shape index (κ3) is 5.64. The van der Waals surface area contributed by atoms with E-state index in [0.29, 0.717) is 24.1 Å². The molecule has 2 N–H and O–H groups in total. The van der Waals surface area contributed by atoms with Crippen molar-refractivity contribution in [3.05, 3.63) is 59.9 Å². The number of aromatic nitrogens is 3. The molecule has 1 amide bonds. The number of halogens is 3. The van der Waals surface area contributed by atoms with Crippen LogP contribution in [0.2, 0.25) is 0 Å². The molecule has 0 aliphatic heterocycles.